The Hall–Kier alpha value is -0.860. The third-order valence-corrected chi connectivity index (χ3v) is 3.84. The lowest BCUT2D eigenvalue weighted by Crippen LogP contribution is -2.29. The number of aryl methyl sites for hydroxylation is 2. The van der Waals surface area contributed by atoms with E-state index in [1.807, 2.05) is 0 Å². The molecule has 0 saturated carbocycles. The molecular formula is C15H24N2. The molecule has 2 atom stereocenters. The zero-order valence-corrected chi connectivity index (χ0v) is 11.2. The average molecular weight is 232 g/mol. The van der Waals surface area contributed by atoms with E-state index in [-0.39, 0.29) is 0 Å². The second kappa shape index (κ2) is 5.65. The highest BCUT2D eigenvalue weighted by Gasteiger charge is 2.20. The molecule has 1 aliphatic rings. The number of nitrogens with one attached hydrogen (secondary N) is 2. The summed E-state index contributed by atoms with van der Waals surface area (Å²) in [5.41, 5.74) is 4.21. The highest BCUT2D eigenvalue weighted by Crippen LogP contribution is 2.25. The minimum atomic E-state index is 0.477. The molecule has 1 aromatic rings. The largest absolute Gasteiger partial charge is 0.314 e. The van der Waals surface area contributed by atoms with Gasteiger partial charge in [-0.3, -0.25) is 0 Å². The summed E-state index contributed by atoms with van der Waals surface area (Å²) in [5.74, 6) is 0. The van der Waals surface area contributed by atoms with Gasteiger partial charge in [0, 0.05) is 12.1 Å². The molecular weight excluding hydrogens is 208 g/mol. The van der Waals surface area contributed by atoms with Crippen LogP contribution >= 0.6 is 0 Å². The fourth-order valence-electron chi connectivity index (χ4n) is 2.78. The molecule has 17 heavy (non-hydrogen) atoms. The normalized spacial score (nSPS) is 21.7. The van der Waals surface area contributed by atoms with Crippen LogP contribution in [0.2, 0.25) is 0 Å². The summed E-state index contributed by atoms with van der Waals surface area (Å²) in [6.07, 6.45) is 3.84. The Morgan fingerprint density at radius 1 is 1.41 bits per heavy atom. The Balaban J connectivity index is 2.13. The molecule has 2 heteroatoms. The standard InChI is InChI=1S/C15H24N2/c1-11-6-7-12(2)14(9-11)15(16-3)10-13-5-4-8-17-13/h6-7,9,13,15-17H,4-5,8,10H2,1-3H3. The molecule has 1 fully saturated rings. The van der Waals surface area contributed by atoms with Gasteiger partial charge in [-0.2, -0.15) is 0 Å². The fraction of sp³-hybridized carbons (Fsp3) is 0.600. The summed E-state index contributed by atoms with van der Waals surface area (Å²) in [7, 11) is 2.07. The highest BCUT2D eigenvalue weighted by atomic mass is 15.0. The molecule has 0 bridgehead atoms. The maximum Gasteiger partial charge on any atom is 0.0335 e. The quantitative estimate of drug-likeness (QED) is 0.834. The second-order valence-electron chi connectivity index (χ2n) is 5.23. The van der Waals surface area contributed by atoms with Crippen LogP contribution in [0.5, 0.6) is 0 Å². The summed E-state index contributed by atoms with van der Waals surface area (Å²) in [5, 5.41) is 7.06. The van der Waals surface area contributed by atoms with Gasteiger partial charge < -0.3 is 10.6 Å². The Kier molecular flexibility index (Phi) is 4.19. The van der Waals surface area contributed by atoms with Crippen LogP contribution in [0.25, 0.3) is 0 Å². The minimum Gasteiger partial charge on any atom is -0.314 e. The zero-order valence-electron chi connectivity index (χ0n) is 11.2. The van der Waals surface area contributed by atoms with Gasteiger partial charge in [-0.05, 0) is 57.8 Å². The van der Waals surface area contributed by atoms with Crippen LogP contribution in [0, 0.1) is 13.8 Å². The lowest BCUT2D eigenvalue weighted by atomic mass is 9.94. The first-order chi connectivity index (χ1) is 8.20. The monoisotopic (exact) mass is 232 g/mol. The van der Waals surface area contributed by atoms with Crippen molar-refractivity contribution in [2.75, 3.05) is 13.6 Å². The first-order valence-electron chi connectivity index (χ1n) is 6.68. The molecule has 2 nitrogen and oxygen atoms in total. The van der Waals surface area contributed by atoms with Crippen LogP contribution in [0.4, 0.5) is 0 Å². The molecule has 0 aromatic heterocycles. The summed E-state index contributed by atoms with van der Waals surface area (Å²) in [6, 6.07) is 7.92. The van der Waals surface area contributed by atoms with E-state index in [0.717, 1.165) is 0 Å². The summed E-state index contributed by atoms with van der Waals surface area (Å²) in [4.78, 5) is 0. The van der Waals surface area contributed by atoms with Crippen molar-refractivity contribution >= 4 is 0 Å². The first-order valence-corrected chi connectivity index (χ1v) is 6.68. The van der Waals surface area contributed by atoms with Crippen LogP contribution < -0.4 is 10.6 Å². The van der Waals surface area contributed by atoms with E-state index >= 15 is 0 Å². The number of hydrogen-bond donors (Lipinski definition) is 2. The Bertz CT molecular complexity index is 367. The van der Waals surface area contributed by atoms with Crippen LogP contribution in [0.3, 0.4) is 0 Å². The third-order valence-electron chi connectivity index (χ3n) is 3.84. The molecule has 1 saturated heterocycles. The Morgan fingerprint density at radius 3 is 2.88 bits per heavy atom. The summed E-state index contributed by atoms with van der Waals surface area (Å²) >= 11 is 0. The predicted octanol–water partition coefficient (Wildman–Crippen LogP) is 2.71. The fourth-order valence-corrected chi connectivity index (χ4v) is 2.78. The van der Waals surface area contributed by atoms with Gasteiger partial charge in [0.25, 0.3) is 0 Å². The van der Waals surface area contributed by atoms with Crippen LogP contribution in [0.1, 0.15) is 42.0 Å². The smallest absolute Gasteiger partial charge is 0.0335 e. The molecule has 0 spiro atoms. The van der Waals surface area contributed by atoms with Gasteiger partial charge in [-0.1, -0.05) is 23.8 Å². The van der Waals surface area contributed by atoms with Crippen LogP contribution in [0.15, 0.2) is 18.2 Å². The van der Waals surface area contributed by atoms with Crippen molar-refractivity contribution < 1.29 is 0 Å². The van der Waals surface area contributed by atoms with E-state index in [0.29, 0.717) is 12.1 Å². The lowest BCUT2D eigenvalue weighted by Gasteiger charge is -2.23. The van der Waals surface area contributed by atoms with E-state index in [1.54, 1.807) is 0 Å². The van der Waals surface area contributed by atoms with Crippen molar-refractivity contribution in [3.8, 4) is 0 Å². The van der Waals surface area contributed by atoms with Crippen LogP contribution in [-0.4, -0.2) is 19.6 Å². The maximum absolute atomic E-state index is 3.59. The van der Waals surface area contributed by atoms with Gasteiger partial charge in [0.1, 0.15) is 0 Å². The zero-order chi connectivity index (χ0) is 12.3. The molecule has 1 aliphatic heterocycles. The molecule has 0 radical (unpaired) electrons. The van der Waals surface area contributed by atoms with Crippen molar-refractivity contribution in [1.82, 2.24) is 10.6 Å². The Morgan fingerprint density at radius 2 is 2.24 bits per heavy atom. The topological polar surface area (TPSA) is 24.1 Å². The number of rotatable bonds is 4. The summed E-state index contributed by atoms with van der Waals surface area (Å²) in [6.45, 7) is 5.57. The SMILES string of the molecule is CNC(CC1CCCN1)c1cc(C)ccc1C. The van der Waals surface area contributed by atoms with Gasteiger partial charge in [-0.25, -0.2) is 0 Å². The maximum atomic E-state index is 3.59. The molecule has 0 aliphatic carbocycles. The van der Waals surface area contributed by atoms with Crippen molar-refractivity contribution in [3.05, 3.63) is 34.9 Å². The van der Waals surface area contributed by atoms with E-state index < -0.39 is 0 Å². The van der Waals surface area contributed by atoms with E-state index in [1.165, 1.54) is 42.5 Å². The van der Waals surface area contributed by atoms with Gasteiger partial charge >= 0.3 is 0 Å². The first kappa shape index (κ1) is 12.6. The highest BCUT2D eigenvalue weighted by molar-refractivity contribution is 5.33. The third kappa shape index (κ3) is 3.08. The van der Waals surface area contributed by atoms with Crippen molar-refractivity contribution in [2.24, 2.45) is 0 Å². The van der Waals surface area contributed by atoms with Crippen LogP contribution in [-0.2, 0) is 0 Å². The second-order valence-corrected chi connectivity index (χ2v) is 5.23. The lowest BCUT2D eigenvalue weighted by molar-refractivity contribution is 0.452. The molecule has 0 amide bonds. The van der Waals surface area contributed by atoms with Crippen molar-refractivity contribution in [3.63, 3.8) is 0 Å². The number of hydrogen-bond acceptors (Lipinski definition) is 2. The molecule has 2 unspecified atom stereocenters. The van der Waals surface area contributed by atoms with E-state index in [9.17, 15) is 0 Å². The van der Waals surface area contributed by atoms with E-state index in [2.05, 4.69) is 49.7 Å². The molecule has 94 valence electrons. The molecule has 1 aromatic carbocycles. The van der Waals surface area contributed by atoms with E-state index in [4.69, 9.17) is 0 Å². The molecule has 2 N–H and O–H groups in total. The number of benzene rings is 1. The van der Waals surface area contributed by atoms with Gasteiger partial charge in [0.15, 0.2) is 0 Å². The van der Waals surface area contributed by atoms with Crippen molar-refractivity contribution in [2.45, 2.75) is 45.2 Å². The molecule has 2 rings (SSSR count). The van der Waals surface area contributed by atoms with Crippen molar-refractivity contribution in [1.29, 1.82) is 0 Å². The minimum absolute atomic E-state index is 0.477. The average Bonchev–Trinajstić information content (AvgIpc) is 2.82. The van der Waals surface area contributed by atoms with Gasteiger partial charge in [0.2, 0.25) is 0 Å². The Labute approximate surface area is 105 Å². The molecule has 1 heterocycles. The van der Waals surface area contributed by atoms with Gasteiger partial charge in [0.05, 0.1) is 0 Å². The predicted molar refractivity (Wildman–Crippen MR) is 73.4 cm³/mol. The van der Waals surface area contributed by atoms with Gasteiger partial charge in [-0.15, -0.1) is 0 Å². The summed E-state index contributed by atoms with van der Waals surface area (Å²) < 4.78 is 0.